The van der Waals surface area contributed by atoms with Crippen LogP contribution in [0.2, 0.25) is 13.1 Å². The van der Waals surface area contributed by atoms with Crippen molar-refractivity contribution in [3.63, 3.8) is 0 Å². The molecule has 0 aliphatic rings. The predicted octanol–water partition coefficient (Wildman–Crippen LogP) is 2.31. The van der Waals surface area contributed by atoms with Crippen molar-refractivity contribution in [3.8, 4) is 0 Å². The van der Waals surface area contributed by atoms with Crippen LogP contribution in [0.15, 0.2) is 11.8 Å². The van der Waals surface area contributed by atoms with E-state index in [4.69, 9.17) is 0 Å². The normalized spacial score (nSPS) is 14.4. The van der Waals surface area contributed by atoms with E-state index in [9.17, 15) is 0 Å². The molecular formula is C9H19BN. The third-order valence-corrected chi connectivity index (χ3v) is 2.01. The highest BCUT2D eigenvalue weighted by Gasteiger charge is 2.04. The third kappa shape index (κ3) is 4.12. The molecule has 0 aromatic heterocycles. The maximum atomic E-state index is 3.09. The van der Waals surface area contributed by atoms with E-state index < -0.39 is 0 Å². The summed E-state index contributed by atoms with van der Waals surface area (Å²) in [5.74, 6) is 0.707. The molecule has 0 bridgehead atoms. The smallest absolute Gasteiger partial charge is 0.111 e. The summed E-state index contributed by atoms with van der Waals surface area (Å²) < 4.78 is 0. The van der Waals surface area contributed by atoms with Crippen LogP contribution in [0.1, 0.15) is 20.3 Å². The van der Waals surface area contributed by atoms with Gasteiger partial charge in [0.2, 0.25) is 0 Å². The molecule has 0 aliphatic heterocycles. The molecule has 0 aromatic carbocycles. The van der Waals surface area contributed by atoms with Crippen molar-refractivity contribution >= 4 is 7.28 Å². The molecule has 1 unspecified atom stereocenters. The van der Waals surface area contributed by atoms with Gasteiger partial charge in [-0.3, -0.25) is 0 Å². The van der Waals surface area contributed by atoms with E-state index in [2.05, 4.69) is 39.5 Å². The lowest BCUT2D eigenvalue weighted by molar-refractivity contribution is 0.649. The number of allylic oxidation sites excluding steroid dienone is 1. The summed E-state index contributed by atoms with van der Waals surface area (Å²) in [7, 11) is 4.16. The minimum Gasteiger partial charge on any atom is -0.394 e. The summed E-state index contributed by atoms with van der Waals surface area (Å²) in [5, 5.41) is 3.09. The average Bonchev–Trinajstić information content (AvgIpc) is 2.03. The van der Waals surface area contributed by atoms with E-state index >= 15 is 0 Å². The van der Waals surface area contributed by atoms with Crippen LogP contribution >= 0.6 is 0 Å². The van der Waals surface area contributed by atoms with Gasteiger partial charge in [0, 0.05) is 7.05 Å². The lowest BCUT2D eigenvalue weighted by atomic mass is 9.72. The van der Waals surface area contributed by atoms with Crippen LogP contribution in [0, 0.1) is 5.92 Å². The summed E-state index contributed by atoms with van der Waals surface area (Å²) in [4.78, 5) is 0. The molecule has 2 heteroatoms. The second-order valence-corrected chi connectivity index (χ2v) is 2.93. The molecule has 0 aliphatic carbocycles. The van der Waals surface area contributed by atoms with Crippen molar-refractivity contribution in [2.24, 2.45) is 5.92 Å². The standard InChI is InChI=1S/C9H19BN/c1-5-8(2)9(6-10-3)7-11-4/h7-8,11H,5-6H2,1-4H3/b9-7-. The summed E-state index contributed by atoms with van der Waals surface area (Å²) in [6, 6.07) is 0. The Morgan fingerprint density at radius 2 is 2.27 bits per heavy atom. The van der Waals surface area contributed by atoms with E-state index in [1.165, 1.54) is 12.0 Å². The Morgan fingerprint density at radius 3 is 2.64 bits per heavy atom. The minimum absolute atomic E-state index is 0.707. The molecule has 1 radical (unpaired) electrons. The quantitative estimate of drug-likeness (QED) is 0.596. The Morgan fingerprint density at radius 1 is 1.64 bits per heavy atom. The van der Waals surface area contributed by atoms with Crippen molar-refractivity contribution in [1.82, 2.24) is 5.32 Å². The van der Waals surface area contributed by atoms with Crippen LogP contribution in [0.4, 0.5) is 0 Å². The highest BCUT2D eigenvalue weighted by atomic mass is 14.8. The van der Waals surface area contributed by atoms with Gasteiger partial charge in [0.25, 0.3) is 0 Å². The van der Waals surface area contributed by atoms with Gasteiger partial charge in [0.15, 0.2) is 0 Å². The number of hydrogen-bond acceptors (Lipinski definition) is 1. The highest BCUT2D eigenvalue weighted by Crippen LogP contribution is 2.16. The molecule has 0 fully saturated rings. The zero-order chi connectivity index (χ0) is 8.69. The van der Waals surface area contributed by atoms with Crippen LogP contribution in [0.5, 0.6) is 0 Å². The fourth-order valence-electron chi connectivity index (χ4n) is 1.09. The van der Waals surface area contributed by atoms with Gasteiger partial charge in [-0.2, -0.15) is 0 Å². The van der Waals surface area contributed by atoms with Crippen LogP contribution < -0.4 is 5.32 Å². The first-order valence-electron chi connectivity index (χ1n) is 4.40. The molecular weight excluding hydrogens is 133 g/mol. The Balaban J connectivity index is 3.97. The van der Waals surface area contributed by atoms with Crippen LogP contribution in [0.3, 0.4) is 0 Å². The van der Waals surface area contributed by atoms with Gasteiger partial charge < -0.3 is 5.32 Å². The first-order valence-corrected chi connectivity index (χ1v) is 4.40. The van der Waals surface area contributed by atoms with Crippen molar-refractivity contribution in [1.29, 1.82) is 0 Å². The lowest BCUT2D eigenvalue weighted by Crippen LogP contribution is -2.05. The summed E-state index contributed by atoms with van der Waals surface area (Å²) in [6.07, 6.45) is 4.45. The van der Waals surface area contributed by atoms with E-state index in [0.29, 0.717) is 5.92 Å². The van der Waals surface area contributed by atoms with E-state index in [-0.39, 0.29) is 0 Å². The van der Waals surface area contributed by atoms with E-state index in [1.54, 1.807) is 0 Å². The summed E-state index contributed by atoms with van der Waals surface area (Å²) in [6.45, 7) is 6.60. The fraction of sp³-hybridized carbons (Fsp3) is 0.778. The second kappa shape index (κ2) is 6.32. The molecule has 1 atom stereocenters. The molecule has 0 heterocycles. The maximum absolute atomic E-state index is 3.09. The third-order valence-electron chi connectivity index (χ3n) is 2.01. The van der Waals surface area contributed by atoms with Crippen LogP contribution in [0.25, 0.3) is 0 Å². The number of rotatable bonds is 5. The SMILES string of the molecule is C[B]C/C(=C/NC)C(C)CC. The van der Waals surface area contributed by atoms with Gasteiger partial charge in [-0.1, -0.05) is 32.6 Å². The Kier molecular flexibility index (Phi) is 6.10. The van der Waals surface area contributed by atoms with Gasteiger partial charge in [-0.25, -0.2) is 0 Å². The molecule has 11 heavy (non-hydrogen) atoms. The Labute approximate surface area is 71.5 Å². The molecule has 0 spiro atoms. The molecule has 0 saturated carbocycles. The van der Waals surface area contributed by atoms with Crippen molar-refractivity contribution in [3.05, 3.63) is 11.8 Å². The van der Waals surface area contributed by atoms with Gasteiger partial charge in [0.05, 0.1) is 0 Å². The Bertz CT molecular complexity index is 121. The molecule has 1 nitrogen and oxygen atoms in total. The molecule has 0 rings (SSSR count). The largest absolute Gasteiger partial charge is 0.394 e. The topological polar surface area (TPSA) is 12.0 Å². The van der Waals surface area contributed by atoms with Gasteiger partial charge in [-0.05, 0) is 18.5 Å². The van der Waals surface area contributed by atoms with Gasteiger partial charge >= 0.3 is 0 Å². The first kappa shape index (κ1) is 10.6. The second-order valence-electron chi connectivity index (χ2n) is 2.93. The van der Waals surface area contributed by atoms with Crippen LogP contribution in [-0.4, -0.2) is 14.3 Å². The highest BCUT2D eigenvalue weighted by molar-refractivity contribution is 6.34. The molecule has 0 aromatic rings. The van der Waals surface area contributed by atoms with Crippen molar-refractivity contribution < 1.29 is 0 Å². The molecule has 0 saturated heterocycles. The van der Waals surface area contributed by atoms with Crippen molar-refractivity contribution in [2.45, 2.75) is 33.4 Å². The number of nitrogens with one attached hydrogen (secondary N) is 1. The monoisotopic (exact) mass is 152 g/mol. The predicted molar refractivity (Wildman–Crippen MR) is 53.0 cm³/mol. The maximum Gasteiger partial charge on any atom is 0.111 e. The average molecular weight is 152 g/mol. The summed E-state index contributed by atoms with van der Waals surface area (Å²) in [5.41, 5.74) is 1.50. The van der Waals surface area contributed by atoms with E-state index in [1.807, 2.05) is 7.05 Å². The number of hydrogen-bond donors (Lipinski definition) is 1. The lowest BCUT2D eigenvalue weighted by Gasteiger charge is -2.12. The van der Waals surface area contributed by atoms with E-state index in [0.717, 1.165) is 6.32 Å². The minimum atomic E-state index is 0.707. The van der Waals surface area contributed by atoms with Crippen LogP contribution in [-0.2, 0) is 0 Å². The first-order chi connectivity index (χ1) is 5.26. The zero-order valence-electron chi connectivity index (χ0n) is 8.15. The zero-order valence-corrected chi connectivity index (χ0v) is 8.15. The van der Waals surface area contributed by atoms with Gasteiger partial charge in [0.1, 0.15) is 7.28 Å². The fourth-order valence-corrected chi connectivity index (χ4v) is 1.09. The van der Waals surface area contributed by atoms with Crippen molar-refractivity contribution in [2.75, 3.05) is 7.05 Å². The molecule has 0 amide bonds. The molecule has 1 N–H and O–H groups in total. The Hall–Kier alpha value is -0.395. The summed E-state index contributed by atoms with van der Waals surface area (Å²) >= 11 is 0. The molecule has 63 valence electrons. The van der Waals surface area contributed by atoms with Gasteiger partial charge in [-0.15, -0.1) is 0 Å².